The van der Waals surface area contributed by atoms with Crippen LogP contribution in [0.1, 0.15) is 36.6 Å². The molecule has 0 saturated carbocycles. The highest BCUT2D eigenvalue weighted by molar-refractivity contribution is 6.30. The van der Waals surface area contributed by atoms with Gasteiger partial charge in [-0.1, -0.05) is 42.8 Å². The summed E-state index contributed by atoms with van der Waals surface area (Å²) in [7, 11) is 1.51. The van der Waals surface area contributed by atoms with Crippen LogP contribution in [0.5, 0.6) is 5.75 Å². The molecule has 0 saturated heterocycles. The second kappa shape index (κ2) is 9.97. The number of methoxy groups -OCH3 is 1. The molecule has 27 heavy (non-hydrogen) atoms. The first-order valence-corrected chi connectivity index (χ1v) is 9.17. The summed E-state index contributed by atoms with van der Waals surface area (Å²) in [5, 5.41) is 3.32. The van der Waals surface area contributed by atoms with Crippen molar-refractivity contribution in [3.8, 4) is 5.75 Å². The Hall–Kier alpha value is -2.53. The normalized spacial score (nSPS) is 11.6. The van der Waals surface area contributed by atoms with Gasteiger partial charge in [-0.05, 0) is 42.7 Å². The van der Waals surface area contributed by atoms with E-state index in [4.69, 9.17) is 21.1 Å². The molecular formula is C21H24ClNO4. The Balaban J connectivity index is 1.84. The fraction of sp³-hybridized carbons (Fsp3) is 0.333. The lowest BCUT2D eigenvalue weighted by Crippen LogP contribution is -2.31. The molecule has 0 heterocycles. The van der Waals surface area contributed by atoms with E-state index in [1.165, 1.54) is 12.7 Å². The first-order chi connectivity index (χ1) is 12.9. The number of nitrogens with one attached hydrogen (secondary N) is 1. The van der Waals surface area contributed by atoms with Gasteiger partial charge in [0, 0.05) is 10.6 Å². The number of halogens is 1. The number of aryl methyl sites for hydroxylation is 1. The fourth-order valence-corrected chi connectivity index (χ4v) is 2.84. The molecule has 2 rings (SSSR count). The Morgan fingerprint density at radius 2 is 1.85 bits per heavy atom. The minimum absolute atomic E-state index is 0.0228. The summed E-state index contributed by atoms with van der Waals surface area (Å²) in [5.74, 6) is -0.330. The van der Waals surface area contributed by atoms with Gasteiger partial charge in [0.05, 0.1) is 19.6 Å². The van der Waals surface area contributed by atoms with Crippen molar-refractivity contribution in [2.75, 3.05) is 13.7 Å². The lowest BCUT2D eigenvalue weighted by molar-refractivity contribution is -0.148. The first-order valence-electron chi connectivity index (χ1n) is 8.79. The predicted molar refractivity (Wildman–Crippen MR) is 105 cm³/mol. The maximum absolute atomic E-state index is 12.0. The number of benzene rings is 2. The summed E-state index contributed by atoms with van der Waals surface area (Å²) < 4.78 is 10.3. The van der Waals surface area contributed by atoms with E-state index in [2.05, 4.69) is 12.2 Å². The second-order valence-electron chi connectivity index (χ2n) is 6.18. The Bertz CT molecular complexity index is 789. The molecule has 6 heteroatoms. The van der Waals surface area contributed by atoms with Crippen molar-refractivity contribution in [2.24, 2.45) is 0 Å². The third-order valence-corrected chi connectivity index (χ3v) is 4.44. The predicted octanol–water partition coefficient (Wildman–Crippen LogP) is 3.87. The third kappa shape index (κ3) is 6.29. The number of esters is 1. The van der Waals surface area contributed by atoms with E-state index in [-0.39, 0.29) is 25.0 Å². The standard InChI is InChI=1S/C21H24ClNO4/c1-4-15-5-7-16(8-6-15)14(2)23-20(24)13-27-21(25)12-17-11-18(22)9-10-19(17)26-3/h5-11,14H,4,12-13H2,1-3H3,(H,23,24)/t14-/m0/s1. The van der Waals surface area contributed by atoms with Gasteiger partial charge in [-0.2, -0.15) is 0 Å². The van der Waals surface area contributed by atoms with E-state index in [9.17, 15) is 9.59 Å². The number of rotatable bonds is 8. The molecule has 1 N–H and O–H groups in total. The van der Waals surface area contributed by atoms with Crippen molar-refractivity contribution in [1.82, 2.24) is 5.32 Å². The molecule has 1 amide bonds. The van der Waals surface area contributed by atoms with Crippen molar-refractivity contribution in [3.05, 3.63) is 64.2 Å². The summed E-state index contributed by atoms with van der Waals surface area (Å²) in [4.78, 5) is 24.1. The highest BCUT2D eigenvalue weighted by Gasteiger charge is 2.14. The molecule has 0 unspecified atom stereocenters. The Labute approximate surface area is 164 Å². The largest absolute Gasteiger partial charge is 0.496 e. The van der Waals surface area contributed by atoms with Crippen molar-refractivity contribution >= 4 is 23.5 Å². The molecule has 1 atom stereocenters. The number of hydrogen-bond acceptors (Lipinski definition) is 4. The van der Waals surface area contributed by atoms with Gasteiger partial charge in [0.25, 0.3) is 5.91 Å². The van der Waals surface area contributed by atoms with E-state index >= 15 is 0 Å². The van der Waals surface area contributed by atoms with E-state index in [0.717, 1.165) is 12.0 Å². The van der Waals surface area contributed by atoms with Crippen LogP contribution in [0.3, 0.4) is 0 Å². The van der Waals surface area contributed by atoms with Crippen molar-refractivity contribution < 1.29 is 19.1 Å². The van der Waals surface area contributed by atoms with E-state index in [0.29, 0.717) is 16.3 Å². The summed E-state index contributed by atoms with van der Waals surface area (Å²) >= 11 is 5.95. The van der Waals surface area contributed by atoms with Crippen LogP contribution in [0, 0.1) is 0 Å². The van der Waals surface area contributed by atoms with Gasteiger partial charge in [0.1, 0.15) is 5.75 Å². The van der Waals surface area contributed by atoms with Crippen LogP contribution in [-0.4, -0.2) is 25.6 Å². The lowest BCUT2D eigenvalue weighted by Gasteiger charge is -2.15. The molecule has 0 aliphatic heterocycles. The molecule has 0 radical (unpaired) electrons. The summed E-state index contributed by atoms with van der Waals surface area (Å²) in [5.41, 5.74) is 2.85. The molecular weight excluding hydrogens is 366 g/mol. The number of carbonyl (C=O) groups excluding carboxylic acids is 2. The van der Waals surface area contributed by atoms with Gasteiger partial charge < -0.3 is 14.8 Å². The van der Waals surface area contributed by atoms with Crippen LogP contribution in [0.4, 0.5) is 0 Å². The summed E-state index contributed by atoms with van der Waals surface area (Å²) in [6.07, 6.45) is 0.944. The van der Waals surface area contributed by atoms with Crippen LogP contribution in [-0.2, 0) is 27.2 Å². The Kier molecular flexibility index (Phi) is 7.67. The zero-order valence-corrected chi connectivity index (χ0v) is 16.5. The third-order valence-electron chi connectivity index (χ3n) is 4.21. The lowest BCUT2D eigenvalue weighted by atomic mass is 10.1. The maximum Gasteiger partial charge on any atom is 0.310 e. The summed E-state index contributed by atoms with van der Waals surface area (Å²) in [6, 6.07) is 12.9. The average molecular weight is 390 g/mol. The highest BCUT2D eigenvalue weighted by Crippen LogP contribution is 2.23. The molecule has 5 nitrogen and oxygen atoms in total. The second-order valence-corrected chi connectivity index (χ2v) is 6.61. The zero-order valence-electron chi connectivity index (χ0n) is 15.8. The molecule has 0 spiro atoms. The minimum atomic E-state index is -0.523. The zero-order chi connectivity index (χ0) is 19.8. The topological polar surface area (TPSA) is 64.6 Å². The quantitative estimate of drug-likeness (QED) is 0.696. The highest BCUT2D eigenvalue weighted by atomic mass is 35.5. The molecule has 144 valence electrons. The molecule has 0 aliphatic rings. The van der Waals surface area contributed by atoms with Crippen LogP contribution >= 0.6 is 11.6 Å². The van der Waals surface area contributed by atoms with E-state index < -0.39 is 5.97 Å². The van der Waals surface area contributed by atoms with Gasteiger partial charge in [-0.3, -0.25) is 9.59 Å². The SMILES string of the molecule is CCc1ccc([C@H](C)NC(=O)COC(=O)Cc2cc(Cl)ccc2OC)cc1. The average Bonchev–Trinajstić information content (AvgIpc) is 2.66. The van der Waals surface area contributed by atoms with Crippen molar-refractivity contribution in [1.29, 1.82) is 0 Å². The molecule has 0 bridgehead atoms. The van der Waals surface area contributed by atoms with Gasteiger partial charge in [0.2, 0.25) is 0 Å². The van der Waals surface area contributed by atoms with Crippen LogP contribution in [0.25, 0.3) is 0 Å². The minimum Gasteiger partial charge on any atom is -0.496 e. The van der Waals surface area contributed by atoms with Gasteiger partial charge in [-0.25, -0.2) is 0 Å². The number of carbonyl (C=O) groups is 2. The molecule has 2 aromatic carbocycles. The van der Waals surface area contributed by atoms with Crippen LogP contribution in [0.15, 0.2) is 42.5 Å². The summed E-state index contributed by atoms with van der Waals surface area (Å²) in [6.45, 7) is 3.64. The smallest absolute Gasteiger partial charge is 0.310 e. The Morgan fingerprint density at radius 1 is 1.15 bits per heavy atom. The molecule has 2 aromatic rings. The maximum atomic E-state index is 12.0. The molecule has 0 aliphatic carbocycles. The first kappa shape index (κ1) is 20.8. The number of amides is 1. The van der Waals surface area contributed by atoms with Crippen molar-refractivity contribution in [2.45, 2.75) is 32.7 Å². The molecule has 0 aromatic heterocycles. The van der Waals surface area contributed by atoms with E-state index in [1.54, 1.807) is 18.2 Å². The molecule has 0 fully saturated rings. The van der Waals surface area contributed by atoms with Gasteiger partial charge >= 0.3 is 5.97 Å². The van der Waals surface area contributed by atoms with Gasteiger partial charge in [0.15, 0.2) is 6.61 Å². The van der Waals surface area contributed by atoms with Crippen molar-refractivity contribution in [3.63, 3.8) is 0 Å². The Morgan fingerprint density at radius 3 is 2.48 bits per heavy atom. The monoisotopic (exact) mass is 389 g/mol. The number of ether oxygens (including phenoxy) is 2. The van der Waals surface area contributed by atoms with Crippen LogP contribution in [0.2, 0.25) is 5.02 Å². The van der Waals surface area contributed by atoms with Gasteiger partial charge in [-0.15, -0.1) is 0 Å². The number of hydrogen-bond donors (Lipinski definition) is 1. The van der Waals surface area contributed by atoms with Crippen LogP contribution < -0.4 is 10.1 Å². The fourth-order valence-electron chi connectivity index (χ4n) is 2.65. The van der Waals surface area contributed by atoms with E-state index in [1.807, 2.05) is 31.2 Å².